The third-order valence-corrected chi connectivity index (χ3v) is 3.78. The van der Waals surface area contributed by atoms with Crippen molar-refractivity contribution in [2.24, 2.45) is 13.0 Å². The number of piperidine rings is 1. The van der Waals surface area contributed by atoms with Crippen LogP contribution >= 0.6 is 0 Å². The molecule has 1 aromatic rings. The molecule has 19 heavy (non-hydrogen) atoms. The molecule has 1 aliphatic rings. The van der Waals surface area contributed by atoms with Gasteiger partial charge in [-0.3, -0.25) is 14.3 Å². The smallest absolute Gasteiger partial charge is 0.308 e. The number of amides is 1. The summed E-state index contributed by atoms with van der Waals surface area (Å²) in [4.78, 5) is 25.5. The van der Waals surface area contributed by atoms with Gasteiger partial charge >= 0.3 is 5.97 Å². The fourth-order valence-corrected chi connectivity index (χ4v) is 2.36. The number of carbonyl (C=O) groups is 2. The first-order chi connectivity index (χ1) is 9.04. The van der Waals surface area contributed by atoms with E-state index in [4.69, 9.17) is 4.74 Å². The highest BCUT2D eigenvalue weighted by Crippen LogP contribution is 2.20. The number of aryl methyl sites for hydroxylation is 1. The average molecular weight is 265 g/mol. The van der Waals surface area contributed by atoms with E-state index in [2.05, 4.69) is 5.10 Å². The fraction of sp³-hybridized carbons (Fsp3) is 0.615. The molecule has 1 aliphatic heterocycles. The maximum atomic E-state index is 12.3. The second kappa shape index (κ2) is 5.42. The number of hydrogen-bond acceptors (Lipinski definition) is 4. The quantitative estimate of drug-likeness (QED) is 0.740. The minimum Gasteiger partial charge on any atom is -0.469 e. The molecule has 0 saturated carbocycles. The number of esters is 1. The molecule has 1 aromatic heterocycles. The number of hydrogen-bond donors (Lipinski definition) is 0. The molecule has 2 heterocycles. The fourth-order valence-electron chi connectivity index (χ4n) is 2.36. The molecule has 1 fully saturated rings. The predicted octanol–water partition coefficient (Wildman–Crippen LogP) is 0.754. The van der Waals surface area contributed by atoms with Crippen molar-refractivity contribution in [1.29, 1.82) is 0 Å². The molecular weight excluding hydrogens is 246 g/mol. The van der Waals surface area contributed by atoms with E-state index < -0.39 is 0 Å². The minimum absolute atomic E-state index is 0.00563. The average Bonchev–Trinajstić information content (AvgIpc) is 2.77. The molecule has 0 atom stereocenters. The van der Waals surface area contributed by atoms with Gasteiger partial charge in [0.1, 0.15) is 0 Å². The maximum Gasteiger partial charge on any atom is 0.308 e. The zero-order valence-electron chi connectivity index (χ0n) is 11.5. The summed E-state index contributed by atoms with van der Waals surface area (Å²) in [5, 5.41) is 4.08. The van der Waals surface area contributed by atoms with Crippen molar-refractivity contribution in [2.75, 3.05) is 20.2 Å². The Balaban J connectivity index is 2.00. The molecule has 6 nitrogen and oxygen atoms in total. The molecule has 0 spiro atoms. The molecule has 0 aromatic carbocycles. The Labute approximate surface area is 112 Å². The van der Waals surface area contributed by atoms with Gasteiger partial charge in [-0.1, -0.05) is 0 Å². The topological polar surface area (TPSA) is 64.4 Å². The lowest BCUT2D eigenvalue weighted by atomic mass is 9.96. The van der Waals surface area contributed by atoms with Crippen LogP contribution in [0.1, 0.15) is 28.9 Å². The molecule has 104 valence electrons. The van der Waals surface area contributed by atoms with Crippen LogP contribution in [0.15, 0.2) is 6.20 Å². The van der Waals surface area contributed by atoms with Gasteiger partial charge in [0, 0.05) is 25.8 Å². The van der Waals surface area contributed by atoms with E-state index in [0.717, 1.165) is 5.69 Å². The van der Waals surface area contributed by atoms with Crippen LogP contribution in [0.25, 0.3) is 0 Å². The summed E-state index contributed by atoms with van der Waals surface area (Å²) in [6.45, 7) is 3.06. The Bertz CT molecular complexity index is 487. The van der Waals surface area contributed by atoms with E-state index in [1.54, 1.807) is 15.8 Å². The van der Waals surface area contributed by atoms with Crippen molar-refractivity contribution >= 4 is 11.9 Å². The lowest BCUT2D eigenvalue weighted by Gasteiger charge is -2.30. The van der Waals surface area contributed by atoms with Gasteiger partial charge < -0.3 is 9.64 Å². The molecule has 2 rings (SSSR count). The van der Waals surface area contributed by atoms with Gasteiger partial charge in [0.15, 0.2) is 0 Å². The van der Waals surface area contributed by atoms with Crippen molar-refractivity contribution in [1.82, 2.24) is 14.7 Å². The van der Waals surface area contributed by atoms with E-state index in [-0.39, 0.29) is 17.8 Å². The van der Waals surface area contributed by atoms with Gasteiger partial charge in [0.2, 0.25) is 0 Å². The number of likely N-dealkylation sites (tertiary alicyclic amines) is 1. The van der Waals surface area contributed by atoms with Gasteiger partial charge in [-0.2, -0.15) is 5.10 Å². The number of aromatic nitrogens is 2. The Hall–Kier alpha value is -1.85. The monoisotopic (exact) mass is 265 g/mol. The van der Waals surface area contributed by atoms with E-state index >= 15 is 0 Å². The predicted molar refractivity (Wildman–Crippen MR) is 68.6 cm³/mol. The number of ether oxygens (including phenoxy) is 1. The number of nitrogens with zero attached hydrogens (tertiary/aromatic N) is 3. The van der Waals surface area contributed by atoms with Crippen molar-refractivity contribution in [3.63, 3.8) is 0 Å². The third kappa shape index (κ3) is 2.62. The zero-order valence-corrected chi connectivity index (χ0v) is 11.5. The minimum atomic E-state index is -0.176. The summed E-state index contributed by atoms with van der Waals surface area (Å²) in [5.74, 6) is -0.261. The first-order valence-corrected chi connectivity index (χ1v) is 6.40. The Kier molecular flexibility index (Phi) is 3.87. The second-order valence-corrected chi connectivity index (χ2v) is 4.86. The van der Waals surface area contributed by atoms with Crippen LogP contribution < -0.4 is 0 Å². The lowest BCUT2D eigenvalue weighted by Crippen LogP contribution is -2.40. The SMILES string of the molecule is COC(=O)C1CCN(C(=O)c2cnn(C)c2C)CC1. The molecular formula is C13H19N3O3. The van der Waals surface area contributed by atoms with Crippen LogP contribution in [0.3, 0.4) is 0 Å². The summed E-state index contributed by atoms with van der Waals surface area (Å²) < 4.78 is 6.43. The summed E-state index contributed by atoms with van der Waals surface area (Å²) >= 11 is 0. The molecule has 0 bridgehead atoms. The number of methoxy groups -OCH3 is 1. The van der Waals surface area contributed by atoms with Crippen LogP contribution in [0.2, 0.25) is 0 Å². The highest BCUT2D eigenvalue weighted by atomic mass is 16.5. The summed E-state index contributed by atoms with van der Waals surface area (Å²) in [5.41, 5.74) is 1.50. The molecule has 0 N–H and O–H groups in total. The summed E-state index contributed by atoms with van der Waals surface area (Å²) in [7, 11) is 3.22. The molecule has 0 radical (unpaired) electrons. The molecule has 1 saturated heterocycles. The third-order valence-electron chi connectivity index (χ3n) is 3.78. The van der Waals surface area contributed by atoms with Crippen LogP contribution in [0.5, 0.6) is 0 Å². The van der Waals surface area contributed by atoms with Crippen molar-refractivity contribution in [2.45, 2.75) is 19.8 Å². The van der Waals surface area contributed by atoms with Crippen LogP contribution in [0, 0.1) is 12.8 Å². The number of carbonyl (C=O) groups excluding carboxylic acids is 2. The highest BCUT2D eigenvalue weighted by molar-refractivity contribution is 5.95. The summed E-state index contributed by atoms with van der Waals surface area (Å²) in [6, 6.07) is 0. The molecule has 1 amide bonds. The Morgan fingerprint density at radius 1 is 1.37 bits per heavy atom. The van der Waals surface area contributed by atoms with Gasteiger partial charge in [-0.05, 0) is 19.8 Å². The van der Waals surface area contributed by atoms with E-state index in [1.807, 2.05) is 14.0 Å². The number of rotatable bonds is 2. The van der Waals surface area contributed by atoms with E-state index in [1.165, 1.54) is 7.11 Å². The van der Waals surface area contributed by atoms with Gasteiger partial charge in [0.05, 0.1) is 24.8 Å². The summed E-state index contributed by atoms with van der Waals surface area (Å²) in [6.07, 6.45) is 2.93. The Morgan fingerprint density at radius 2 is 2.00 bits per heavy atom. The van der Waals surface area contributed by atoms with Crippen molar-refractivity contribution < 1.29 is 14.3 Å². The van der Waals surface area contributed by atoms with Crippen LogP contribution in [0.4, 0.5) is 0 Å². The van der Waals surface area contributed by atoms with E-state index in [0.29, 0.717) is 31.5 Å². The van der Waals surface area contributed by atoms with E-state index in [9.17, 15) is 9.59 Å². The highest BCUT2D eigenvalue weighted by Gasteiger charge is 2.29. The largest absolute Gasteiger partial charge is 0.469 e. The van der Waals surface area contributed by atoms with Gasteiger partial charge in [0.25, 0.3) is 5.91 Å². The Morgan fingerprint density at radius 3 is 2.47 bits per heavy atom. The van der Waals surface area contributed by atoms with Gasteiger partial charge in [-0.25, -0.2) is 0 Å². The second-order valence-electron chi connectivity index (χ2n) is 4.86. The van der Waals surface area contributed by atoms with Crippen LogP contribution in [-0.2, 0) is 16.6 Å². The van der Waals surface area contributed by atoms with Gasteiger partial charge in [-0.15, -0.1) is 0 Å². The molecule has 0 unspecified atom stereocenters. The standard InChI is InChI=1S/C13H19N3O3/c1-9-11(8-14-15(9)2)12(17)16-6-4-10(5-7-16)13(18)19-3/h8,10H,4-7H2,1-3H3. The first-order valence-electron chi connectivity index (χ1n) is 6.40. The maximum absolute atomic E-state index is 12.3. The molecule has 0 aliphatic carbocycles. The first kappa shape index (κ1) is 13.6. The molecule has 6 heteroatoms. The van der Waals surface area contributed by atoms with Crippen LogP contribution in [-0.4, -0.2) is 46.8 Å². The zero-order chi connectivity index (χ0) is 14.0. The normalized spacial score (nSPS) is 16.5. The van der Waals surface area contributed by atoms with Crippen molar-refractivity contribution in [3.8, 4) is 0 Å². The lowest BCUT2D eigenvalue weighted by molar-refractivity contribution is -0.146. The van der Waals surface area contributed by atoms with Crippen molar-refractivity contribution in [3.05, 3.63) is 17.5 Å².